The minimum absolute atomic E-state index is 0.196. The smallest absolute Gasteiger partial charge is 0.337 e. The van der Waals surface area contributed by atoms with Crippen LogP contribution in [0.25, 0.3) is 33.5 Å². The average molecular weight is 604 g/mol. The van der Waals surface area contributed by atoms with Crippen LogP contribution in [-0.2, 0) is 11.3 Å². The highest BCUT2D eigenvalue weighted by Crippen LogP contribution is 2.31. The van der Waals surface area contributed by atoms with Crippen LogP contribution in [0, 0.1) is 0 Å². The van der Waals surface area contributed by atoms with Crippen molar-refractivity contribution in [2.45, 2.75) is 19.4 Å². The van der Waals surface area contributed by atoms with Gasteiger partial charge in [-0.15, -0.1) is 0 Å². The monoisotopic (exact) mass is 603 g/mol. The molecular weight excluding hydrogens is 566 g/mol. The van der Waals surface area contributed by atoms with Gasteiger partial charge >= 0.3 is 12.0 Å². The quantitative estimate of drug-likeness (QED) is 0.179. The van der Waals surface area contributed by atoms with Crippen molar-refractivity contribution >= 4 is 28.7 Å². The second kappa shape index (κ2) is 13.7. The van der Waals surface area contributed by atoms with Gasteiger partial charge in [-0.05, 0) is 91.2 Å². The molecule has 2 amide bonds. The van der Waals surface area contributed by atoms with Crippen LogP contribution in [0.1, 0.15) is 28.8 Å². The van der Waals surface area contributed by atoms with Crippen molar-refractivity contribution in [1.82, 2.24) is 19.8 Å². The Morgan fingerprint density at radius 2 is 1.51 bits per heavy atom. The molecule has 0 spiro atoms. The lowest BCUT2D eigenvalue weighted by Crippen LogP contribution is -2.35. The van der Waals surface area contributed by atoms with Crippen LogP contribution < -0.4 is 15.4 Å². The molecule has 1 aliphatic rings. The number of hydrogen-bond acceptors (Lipinski definition) is 6. The third-order valence-corrected chi connectivity index (χ3v) is 8.20. The van der Waals surface area contributed by atoms with Crippen LogP contribution in [0.4, 0.5) is 10.5 Å². The molecule has 9 heteroatoms. The topological polar surface area (TPSA) is 97.7 Å². The van der Waals surface area contributed by atoms with Gasteiger partial charge in [-0.2, -0.15) is 0 Å². The van der Waals surface area contributed by atoms with Crippen molar-refractivity contribution < 1.29 is 19.1 Å². The second-order valence-corrected chi connectivity index (χ2v) is 11.1. The lowest BCUT2D eigenvalue weighted by molar-refractivity contribution is 0.0600. The van der Waals surface area contributed by atoms with Gasteiger partial charge in [-0.1, -0.05) is 42.5 Å². The molecular formula is C36H37N5O4. The average Bonchev–Trinajstić information content (AvgIpc) is 3.73. The van der Waals surface area contributed by atoms with E-state index in [0.29, 0.717) is 18.7 Å². The first-order valence-electron chi connectivity index (χ1n) is 15.2. The number of aromatic nitrogens is 2. The number of ether oxygens (including phenoxy) is 2. The first-order valence-corrected chi connectivity index (χ1v) is 15.2. The molecule has 6 rings (SSSR count). The number of methoxy groups -OCH3 is 2. The number of esters is 1. The van der Waals surface area contributed by atoms with E-state index in [4.69, 9.17) is 14.5 Å². The molecule has 0 atom stereocenters. The van der Waals surface area contributed by atoms with Crippen LogP contribution in [0.3, 0.4) is 0 Å². The molecule has 45 heavy (non-hydrogen) atoms. The molecule has 0 saturated carbocycles. The molecule has 1 aromatic heterocycles. The molecule has 1 fully saturated rings. The molecule has 1 saturated heterocycles. The number of urea groups is 1. The fraction of sp³-hybridized carbons (Fsp3) is 0.250. The van der Waals surface area contributed by atoms with Crippen molar-refractivity contribution in [3.05, 3.63) is 102 Å². The van der Waals surface area contributed by atoms with E-state index in [1.807, 2.05) is 60.7 Å². The van der Waals surface area contributed by atoms with E-state index >= 15 is 0 Å². The summed E-state index contributed by atoms with van der Waals surface area (Å²) in [5, 5.41) is 5.88. The predicted molar refractivity (Wildman–Crippen MR) is 177 cm³/mol. The molecule has 2 heterocycles. The highest BCUT2D eigenvalue weighted by Gasteiger charge is 2.16. The molecule has 0 unspecified atom stereocenters. The summed E-state index contributed by atoms with van der Waals surface area (Å²) in [7, 11) is 3.03. The van der Waals surface area contributed by atoms with Crippen LogP contribution in [-0.4, -0.2) is 66.9 Å². The van der Waals surface area contributed by atoms with E-state index < -0.39 is 0 Å². The number of likely N-dealkylation sites (tertiary alicyclic amines) is 1. The van der Waals surface area contributed by atoms with Gasteiger partial charge in [0.15, 0.2) is 0 Å². The van der Waals surface area contributed by atoms with Crippen LogP contribution in [0.2, 0.25) is 0 Å². The number of hydrogen-bond donors (Lipinski definition) is 2. The Labute approximate surface area is 262 Å². The summed E-state index contributed by atoms with van der Waals surface area (Å²) in [5.41, 5.74) is 7.10. The van der Waals surface area contributed by atoms with E-state index in [1.54, 1.807) is 19.2 Å². The number of fused-ring (bicyclic) bond motifs is 1. The summed E-state index contributed by atoms with van der Waals surface area (Å²) in [5.74, 6) is 1.22. The van der Waals surface area contributed by atoms with Gasteiger partial charge < -0.3 is 29.6 Å². The first-order chi connectivity index (χ1) is 22.0. The van der Waals surface area contributed by atoms with Crippen LogP contribution >= 0.6 is 0 Å². The van der Waals surface area contributed by atoms with Gasteiger partial charge in [0.2, 0.25) is 0 Å². The fourth-order valence-electron chi connectivity index (χ4n) is 5.73. The van der Waals surface area contributed by atoms with Gasteiger partial charge in [-0.3, -0.25) is 0 Å². The SMILES string of the molecule is COC(=O)c1ccc(-c2nc3cc(-c4ccc(NC(=O)NCCN5CCCC5)cc4)ccc3n2Cc2ccc(OC)cc2)cc1. The van der Waals surface area contributed by atoms with Gasteiger partial charge in [-0.25, -0.2) is 14.6 Å². The normalized spacial score (nSPS) is 13.1. The van der Waals surface area contributed by atoms with E-state index in [9.17, 15) is 9.59 Å². The Balaban J connectivity index is 1.23. The fourth-order valence-corrected chi connectivity index (χ4v) is 5.73. The molecule has 2 N–H and O–H groups in total. The van der Waals surface area contributed by atoms with Crippen LogP contribution in [0.5, 0.6) is 5.75 Å². The zero-order valence-corrected chi connectivity index (χ0v) is 25.6. The lowest BCUT2D eigenvalue weighted by Gasteiger charge is -2.15. The van der Waals surface area contributed by atoms with Gasteiger partial charge in [0, 0.05) is 30.9 Å². The highest BCUT2D eigenvalue weighted by atomic mass is 16.5. The number of nitrogens with one attached hydrogen (secondary N) is 2. The van der Waals surface area contributed by atoms with Crippen molar-refractivity contribution in [2.24, 2.45) is 0 Å². The molecule has 0 radical (unpaired) electrons. The van der Waals surface area contributed by atoms with Crippen LogP contribution in [0.15, 0.2) is 91.0 Å². The number of amides is 2. The molecule has 0 bridgehead atoms. The molecule has 4 aromatic carbocycles. The number of carbonyl (C=O) groups is 2. The van der Waals surface area contributed by atoms with Crippen molar-refractivity contribution in [3.8, 4) is 28.3 Å². The predicted octanol–water partition coefficient (Wildman–Crippen LogP) is 6.43. The van der Waals surface area contributed by atoms with E-state index in [-0.39, 0.29) is 12.0 Å². The third kappa shape index (κ3) is 6.99. The maximum Gasteiger partial charge on any atom is 0.337 e. The molecule has 1 aliphatic heterocycles. The van der Waals surface area contributed by atoms with Crippen molar-refractivity contribution in [1.29, 1.82) is 0 Å². The first kappa shape index (κ1) is 29.9. The largest absolute Gasteiger partial charge is 0.497 e. The Kier molecular flexibility index (Phi) is 9.07. The maximum atomic E-state index is 12.4. The van der Waals surface area contributed by atoms with Gasteiger partial charge in [0.25, 0.3) is 0 Å². The highest BCUT2D eigenvalue weighted by molar-refractivity contribution is 5.91. The zero-order chi connectivity index (χ0) is 31.2. The Morgan fingerprint density at radius 1 is 0.822 bits per heavy atom. The van der Waals surface area contributed by atoms with E-state index in [1.165, 1.54) is 20.0 Å². The standard InChI is InChI=1S/C36H37N5O4/c1-44-31-16-5-25(6-17-31)24-41-33-18-13-29(23-32(33)39-34(41)27-7-9-28(10-8-27)35(42)45-2)26-11-14-30(15-12-26)38-36(43)37-19-22-40-20-3-4-21-40/h5-18,23H,3-4,19-22,24H2,1-2H3,(H2,37,38,43). The number of benzene rings is 4. The summed E-state index contributed by atoms with van der Waals surface area (Å²) in [6.45, 7) is 4.35. The summed E-state index contributed by atoms with van der Waals surface area (Å²) >= 11 is 0. The minimum Gasteiger partial charge on any atom is -0.497 e. The summed E-state index contributed by atoms with van der Waals surface area (Å²) in [4.78, 5) is 31.8. The Morgan fingerprint density at radius 3 is 2.20 bits per heavy atom. The molecule has 230 valence electrons. The number of imidazole rings is 1. The maximum absolute atomic E-state index is 12.4. The third-order valence-electron chi connectivity index (χ3n) is 8.20. The Hall–Kier alpha value is -5.15. The number of rotatable bonds is 10. The minimum atomic E-state index is -0.378. The van der Waals surface area contributed by atoms with Crippen molar-refractivity contribution in [2.75, 3.05) is 45.7 Å². The number of carbonyl (C=O) groups excluding carboxylic acids is 2. The Bertz CT molecular complexity index is 1770. The summed E-state index contributed by atoms with van der Waals surface area (Å²) in [6, 6.07) is 29.2. The van der Waals surface area contributed by atoms with E-state index in [0.717, 1.165) is 70.2 Å². The lowest BCUT2D eigenvalue weighted by atomic mass is 10.0. The van der Waals surface area contributed by atoms with E-state index in [2.05, 4.69) is 38.3 Å². The van der Waals surface area contributed by atoms with Gasteiger partial charge in [0.05, 0.1) is 30.8 Å². The zero-order valence-electron chi connectivity index (χ0n) is 25.6. The molecule has 9 nitrogen and oxygen atoms in total. The summed E-state index contributed by atoms with van der Waals surface area (Å²) < 4.78 is 12.4. The second-order valence-electron chi connectivity index (χ2n) is 11.1. The number of nitrogens with zero attached hydrogens (tertiary/aromatic N) is 3. The molecule has 5 aromatic rings. The number of anilines is 1. The van der Waals surface area contributed by atoms with Gasteiger partial charge in [0.1, 0.15) is 11.6 Å². The van der Waals surface area contributed by atoms with Crippen molar-refractivity contribution in [3.63, 3.8) is 0 Å². The summed E-state index contributed by atoms with van der Waals surface area (Å²) in [6.07, 6.45) is 2.48. The molecule has 0 aliphatic carbocycles.